The molecule has 1 amide bonds. The summed E-state index contributed by atoms with van der Waals surface area (Å²) in [6.07, 6.45) is -2.55. The third kappa shape index (κ3) is 5.30. The van der Waals surface area contributed by atoms with Crippen molar-refractivity contribution in [2.75, 3.05) is 32.1 Å². The first-order valence-corrected chi connectivity index (χ1v) is 6.06. The lowest BCUT2D eigenvalue weighted by molar-refractivity contribution is -0.384. The van der Waals surface area contributed by atoms with Gasteiger partial charge in [0, 0.05) is 25.2 Å². The van der Waals surface area contributed by atoms with Crippen LogP contribution in [0.2, 0.25) is 0 Å². The summed E-state index contributed by atoms with van der Waals surface area (Å²) in [4.78, 5) is 21.8. The summed E-state index contributed by atoms with van der Waals surface area (Å²) >= 11 is 0. The number of nitrogens with one attached hydrogen (secondary N) is 2. The molecule has 1 rings (SSSR count). The molecule has 0 fully saturated rings. The van der Waals surface area contributed by atoms with E-state index in [1.165, 1.54) is 19.2 Å². The van der Waals surface area contributed by atoms with Crippen LogP contribution in [0.1, 0.15) is 10.4 Å². The number of carbonyl (C=O) groups excluding carboxylic acids is 1. The number of hydrogen-bond donors (Lipinski definition) is 2. The summed E-state index contributed by atoms with van der Waals surface area (Å²) in [6, 6.07) is 3.95. The molecule has 0 heterocycles. The van der Waals surface area contributed by atoms with E-state index in [-0.39, 0.29) is 30.1 Å². The minimum atomic E-state index is -2.55. The van der Waals surface area contributed by atoms with Crippen molar-refractivity contribution in [3.05, 3.63) is 33.9 Å². The molecule has 0 aromatic heterocycles. The molecule has 0 radical (unpaired) electrons. The maximum atomic E-state index is 11.8. The molecule has 116 valence electrons. The van der Waals surface area contributed by atoms with Crippen LogP contribution in [0.25, 0.3) is 0 Å². The summed E-state index contributed by atoms with van der Waals surface area (Å²) in [5.41, 5.74) is 0.0713. The smallest absolute Gasteiger partial charge is 0.293 e. The Morgan fingerprint density at radius 3 is 2.76 bits per heavy atom. The number of anilines is 1. The second-order valence-corrected chi connectivity index (χ2v) is 3.96. The van der Waals surface area contributed by atoms with Gasteiger partial charge in [0.15, 0.2) is 0 Å². The highest BCUT2D eigenvalue weighted by molar-refractivity contribution is 5.95. The number of carbonyl (C=O) groups is 1. The number of benzene rings is 1. The third-order valence-electron chi connectivity index (χ3n) is 2.49. The summed E-state index contributed by atoms with van der Waals surface area (Å²) in [7, 11) is 1.42. The molecule has 7 nitrogen and oxygen atoms in total. The monoisotopic (exact) mass is 303 g/mol. The molecule has 0 atom stereocenters. The summed E-state index contributed by atoms with van der Waals surface area (Å²) in [5.74, 6) is -0.440. The first-order valence-electron chi connectivity index (χ1n) is 6.06. The predicted molar refractivity (Wildman–Crippen MR) is 71.8 cm³/mol. The molecule has 1 aromatic rings. The van der Waals surface area contributed by atoms with E-state index >= 15 is 0 Å². The van der Waals surface area contributed by atoms with E-state index in [1.54, 1.807) is 0 Å². The fourth-order valence-corrected chi connectivity index (χ4v) is 1.55. The van der Waals surface area contributed by atoms with Gasteiger partial charge in [0.25, 0.3) is 18.0 Å². The Bertz CT molecular complexity index is 511. The molecule has 0 unspecified atom stereocenters. The number of nitro groups is 1. The number of nitrogens with zero attached hydrogens (tertiary/aromatic N) is 1. The highest BCUT2D eigenvalue weighted by atomic mass is 19.3. The molecular formula is C12H15F2N3O4. The highest BCUT2D eigenvalue weighted by Crippen LogP contribution is 2.25. The van der Waals surface area contributed by atoms with Gasteiger partial charge < -0.3 is 15.4 Å². The average molecular weight is 303 g/mol. The first-order chi connectivity index (χ1) is 9.95. The van der Waals surface area contributed by atoms with Gasteiger partial charge >= 0.3 is 0 Å². The second-order valence-electron chi connectivity index (χ2n) is 3.96. The number of alkyl halides is 2. The van der Waals surface area contributed by atoms with E-state index in [1.807, 2.05) is 0 Å². The molecular weight excluding hydrogens is 288 g/mol. The van der Waals surface area contributed by atoms with Gasteiger partial charge in [0.1, 0.15) is 12.3 Å². The van der Waals surface area contributed by atoms with Crippen LogP contribution >= 0.6 is 0 Å². The van der Waals surface area contributed by atoms with Crippen molar-refractivity contribution in [1.29, 1.82) is 0 Å². The van der Waals surface area contributed by atoms with E-state index in [2.05, 4.69) is 15.4 Å². The second kappa shape index (κ2) is 8.10. The Labute approximate surface area is 119 Å². The van der Waals surface area contributed by atoms with Crippen molar-refractivity contribution in [2.45, 2.75) is 6.43 Å². The van der Waals surface area contributed by atoms with Gasteiger partial charge in [0.2, 0.25) is 0 Å². The average Bonchev–Trinajstić information content (AvgIpc) is 2.45. The van der Waals surface area contributed by atoms with Gasteiger partial charge in [-0.25, -0.2) is 8.78 Å². The number of nitro benzene ring substituents is 1. The van der Waals surface area contributed by atoms with Gasteiger partial charge in [-0.3, -0.25) is 14.9 Å². The summed E-state index contributed by atoms with van der Waals surface area (Å²) in [5, 5.41) is 16.0. The molecule has 0 aliphatic carbocycles. The summed E-state index contributed by atoms with van der Waals surface area (Å²) in [6.45, 7) is -0.565. The number of amides is 1. The minimum Gasteiger partial charge on any atom is -0.377 e. The van der Waals surface area contributed by atoms with Gasteiger partial charge in [-0.05, 0) is 12.1 Å². The van der Waals surface area contributed by atoms with Crippen LogP contribution in [0.15, 0.2) is 18.2 Å². The standard InChI is InChI=1S/C12H15F2N3O4/c1-15-12(18)8-2-3-9(10(6-8)17(19)20)16-4-5-21-7-11(13)14/h2-3,6,11,16H,4-5,7H2,1H3,(H,15,18). The van der Waals surface area contributed by atoms with Gasteiger partial charge in [-0.2, -0.15) is 0 Å². The Morgan fingerprint density at radius 1 is 1.48 bits per heavy atom. The third-order valence-corrected chi connectivity index (χ3v) is 2.49. The molecule has 0 bridgehead atoms. The van der Waals surface area contributed by atoms with Crippen LogP contribution in [0.4, 0.5) is 20.2 Å². The highest BCUT2D eigenvalue weighted by Gasteiger charge is 2.16. The van der Waals surface area contributed by atoms with E-state index < -0.39 is 23.9 Å². The van der Waals surface area contributed by atoms with Crippen LogP contribution in [-0.2, 0) is 4.74 Å². The van der Waals surface area contributed by atoms with Crippen molar-refractivity contribution in [3.63, 3.8) is 0 Å². The molecule has 0 saturated heterocycles. The van der Waals surface area contributed by atoms with Crippen molar-refractivity contribution in [3.8, 4) is 0 Å². The lowest BCUT2D eigenvalue weighted by Crippen LogP contribution is -2.18. The molecule has 0 spiro atoms. The van der Waals surface area contributed by atoms with Gasteiger partial charge in [-0.1, -0.05) is 0 Å². The van der Waals surface area contributed by atoms with Crippen molar-refractivity contribution < 1.29 is 23.2 Å². The fourth-order valence-electron chi connectivity index (χ4n) is 1.55. The number of rotatable bonds is 8. The molecule has 0 aliphatic heterocycles. The molecule has 21 heavy (non-hydrogen) atoms. The zero-order valence-corrected chi connectivity index (χ0v) is 11.3. The van der Waals surface area contributed by atoms with E-state index in [9.17, 15) is 23.7 Å². The summed E-state index contributed by atoms with van der Waals surface area (Å²) < 4.78 is 28.3. The lowest BCUT2D eigenvalue weighted by atomic mass is 10.1. The first kappa shape index (κ1) is 16.8. The Morgan fingerprint density at radius 2 is 2.19 bits per heavy atom. The Hall–Kier alpha value is -2.29. The van der Waals surface area contributed by atoms with E-state index in [4.69, 9.17) is 0 Å². The van der Waals surface area contributed by atoms with Crippen molar-refractivity contribution in [2.24, 2.45) is 0 Å². The maximum absolute atomic E-state index is 11.8. The van der Waals surface area contributed by atoms with Gasteiger partial charge in [0.05, 0.1) is 11.5 Å². The maximum Gasteiger partial charge on any atom is 0.293 e. The Balaban J connectivity index is 2.69. The van der Waals surface area contributed by atoms with Crippen LogP contribution in [0.3, 0.4) is 0 Å². The molecule has 1 aromatic carbocycles. The molecule has 0 aliphatic rings. The SMILES string of the molecule is CNC(=O)c1ccc(NCCOCC(F)F)c([N+](=O)[O-])c1. The van der Waals surface area contributed by atoms with Crippen LogP contribution in [0.5, 0.6) is 0 Å². The normalized spacial score (nSPS) is 10.5. The van der Waals surface area contributed by atoms with Crippen molar-refractivity contribution >= 4 is 17.3 Å². The largest absolute Gasteiger partial charge is 0.377 e. The lowest BCUT2D eigenvalue weighted by Gasteiger charge is -2.09. The van der Waals surface area contributed by atoms with Crippen molar-refractivity contribution in [1.82, 2.24) is 5.32 Å². The number of ether oxygens (including phenoxy) is 1. The van der Waals surface area contributed by atoms with Crippen LogP contribution in [-0.4, -0.2) is 44.1 Å². The van der Waals surface area contributed by atoms with Crippen LogP contribution < -0.4 is 10.6 Å². The zero-order chi connectivity index (χ0) is 15.8. The molecule has 2 N–H and O–H groups in total. The van der Waals surface area contributed by atoms with E-state index in [0.717, 1.165) is 6.07 Å². The number of hydrogen-bond acceptors (Lipinski definition) is 5. The molecule has 0 saturated carbocycles. The molecule has 9 heteroatoms. The number of halogens is 2. The topological polar surface area (TPSA) is 93.5 Å². The van der Waals surface area contributed by atoms with Crippen LogP contribution in [0, 0.1) is 10.1 Å². The van der Waals surface area contributed by atoms with E-state index in [0.29, 0.717) is 0 Å². The fraction of sp³-hybridized carbons (Fsp3) is 0.417. The Kier molecular flexibility index (Phi) is 6.47. The predicted octanol–water partition coefficient (Wildman–Crippen LogP) is 1.65. The quantitative estimate of drug-likeness (QED) is 0.432. The van der Waals surface area contributed by atoms with Gasteiger partial charge in [-0.15, -0.1) is 0 Å². The zero-order valence-electron chi connectivity index (χ0n) is 11.3. The minimum absolute atomic E-state index is 0.0152.